The predicted molar refractivity (Wildman–Crippen MR) is 50.4 cm³/mol. The van der Waals surface area contributed by atoms with Crippen LogP contribution in [-0.2, 0) is 0 Å². The van der Waals surface area contributed by atoms with Crippen LogP contribution in [0.2, 0.25) is 0 Å². The van der Waals surface area contributed by atoms with E-state index in [-0.39, 0.29) is 0 Å². The highest BCUT2D eigenvalue weighted by molar-refractivity contribution is 6.68. The summed E-state index contributed by atoms with van der Waals surface area (Å²) in [5.74, 6) is 0. The molecule has 0 bridgehead atoms. The lowest BCUT2D eigenvalue weighted by Crippen LogP contribution is -2.24. The Hall–Kier alpha value is 0.830. The van der Waals surface area contributed by atoms with Crippen molar-refractivity contribution in [1.82, 2.24) is 0 Å². The Morgan fingerprint density at radius 2 is 1.82 bits per heavy atom. The SMILES string of the molecule is CCCCCC(O)C(Cl)(Cl)Cl. The largest absolute Gasteiger partial charge is 0.389 e. The van der Waals surface area contributed by atoms with Crippen LogP contribution in [0.1, 0.15) is 32.6 Å². The van der Waals surface area contributed by atoms with Gasteiger partial charge in [-0.25, -0.2) is 0 Å². The van der Waals surface area contributed by atoms with Gasteiger partial charge in [0.05, 0.1) is 0 Å². The number of halogens is 3. The molecule has 4 heteroatoms. The monoisotopic (exact) mass is 218 g/mol. The van der Waals surface area contributed by atoms with Gasteiger partial charge in [-0.15, -0.1) is 0 Å². The zero-order valence-electron chi connectivity index (χ0n) is 6.49. The molecule has 1 unspecified atom stereocenters. The number of alkyl halides is 3. The molecule has 1 atom stereocenters. The highest BCUT2D eigenvalue weighted by atomic mass is 35.6. The Kier molecular flexibility index (Phi) is 5.88. The van der Waals surface area contributed by atoms with Crippen molar-refractivity contribution in [1.29, 1.82) is 0 Å². The highest BCUT2D eigenvalue weighted by Crippen LogP contribution is 2.32. The third kappa shape index (κ3) is 6.03. The van der Waals surface area contributed by atoms with Crippen LogP contribution in [0.4, 0.5) is 0 Å². The summed E-state index contributed by atoms with van der Waals surface area (Å²) in [7, 11) is 0. The van der Waals surface area contributed by atoms with Crippen molar-refractivity contribution in [3.63, 3.8) is 0 Å². The summed E-state index contributed by atoms with van der Waals surface area (Å²) < 4.78 is -1.52. The van der Waals surface area contributed by atoms with Gasteiger partial charge in [-0.1, -0.05) is 61.0 Å². The zero-order chi connectivity index (χ0) is 8.91. The molecule has 0 aromatic carbocycles. The number of aliphatic hydroxyl groups is 1. The first-order valence-electron chi connectivity index (χ1n) is 3.73. The molecule has 0 spiro atoms. The van der Waals surface area contributed by atoms with E-state index in [9.17, 15) is 5.11 Å². The second kappa shape index (κ2) is 5.47. The van der Waals surface area contributed by atoms with Gasteiger partial charge in [0.1, 0.15) is 6.10 Å². The van der Waals surface area contributed by atoms with Crippen LogP contribution in [0.15, 0.2) is 0 Å². The molecule has 0 radical (unpaired) electrons. The molecule has 0 fully saturated rings. The molecule has 0 rings (SSSR count). The van der Waals surface area contributed by atoms with Gasteiger partial charge >= 0.3 is 0 Å². The Bertz CT molecular complexity index is 100. The average molecular weight is 220 g/mol. The fourth-order valence-corrected chi connectivity index (χ4v) is 1.08. The maximum absolute atomic E-state index is 9.22. The van der Waals surface area contributed by atoms with Gasteiger partial charge in [-0.05, 0) is 6.42 Å². The van der Waals surface area contributed by atoms with E-state index in [1.165, 1.54) is 0 Å². The van der Waals surface area contributed by atoms with Crippen LogP contribution in [0.5, 0.6) is 0 Å². The molecule has 0 heterocycles. The lowest BCUT2D eigenvalue weighted by atomic mass is 10.1. The lowest BCUT2D eigenvalue weighted by molar-refractivity contribution is 0.165. The number of hydrogen-bond acceptors (Lipinski definition) is 1. The van der Waals surface area contributed by atoms with Crippen molar-refractivity contribution in [2.24, 2.45) is 0 Å². The molecule has 1 N–H and O–H groups in total. The topological polar surface area (TPSA) is 20.2 Å². The minimum atomic E-state index is -1.52. The van der Waals surface area contributed by atoms with Gasteiger partial charge in [-0.3, -0.25) is 0 Å². The Morgan fingerprint density at radius 3 is 2.18 bits per heavy atom. The molecular formula is C7H13Cl3O. The molecule has 1 nitrogen and oxygen atoms in total. The van der Waals surface area contributed by atoms with Gasteiger partial charge in [0.15, 0.2) is 0 Å². The first-order valence-corrected chi connectivity index (χ1v) is 4.86. The van der Waals surface area contributed by atoms with E-state index in [0.29, 0.717) is 6.42 Å². The van der Waals surface area contributed by atoms with E-state index in [4.69, 9.17) is 34.8 Å². The second-order valence-electron chi connectivity index (χ2n) is 2.55. The smallest absolute Gasteiger partial charge is 0.216 e. The number of unbranched alkanes of at least 4 members (excludes halogenated alkanes) is 2. The molecule has 0 aliphatic rings. The highest BCUT2D eigenvalue weighted by Gasteiger charge is 2.29. The second-order valence-corrected chi connectivity index (χ2v) is 4.92. The van der Waals surface area contributed by atoms with E-state index in [1.807, 2.05) is 0 Å². The summed E-state index contributed by atoms with van der Waals surface area (Å²) >= 11 is 16.3. The normalized spacial score (nSPS) is 15.0. The molecular weight excluding hydrogens is 206 g/mol. The molecule has 11 heavy (non-hydrogen) atoms. The van der Waals surface area contributed by atoms with Gasteiger partial charge in [-0.2, -0.15) is 0 Å². The van der Waals surface area contributed by atoms with Crippen LogP contribution in [0.25, 0.3) is 0 Å². The molecule has 0 aliphatic heterocycles. The van der Waals surface area contributed by atoms with Gasteiger partial charge in [0, 0.05) is 0 Å². The summed E-state index contributed by atoms with van der Waals surface area (Å²) in [6, 6.07) is 0. The molecule has 0 aliphatic carbocycles. The summed E-state index contributed by atoms with van der Waals surface area (Å²) in [5.41, 5.74) is 0. The van der Waals surface area contributed by atoms with E-state index >= 15 is 0 Å². The Morgan fingerprint density at radius 1 is 1.27 bits per heavy atom. The summed E-state index contributed by atoms with van der Waals surface area (Å²) in [4.78, 5) is 0. The van der Waals surface area contributed by atoms with Crippen molar-refractivity contribution in [2.75, 3.05) is 0 Å². The average Bonchev–Trinajstić information content (AvgIpc) is 1.86. The minimum Gasteiger partial charge on any atom is -0.389 e. The van der Waals surface area contributed by atoms with Crippen LogP contribution >= 0.6 is 34.8 Å². The van der Waals surface area contributed by atoms with Crippen LogP contribution in [0, 0.1) is 0 Å². The van der Waals surface area contributed by atoms with Crippen molar-refractivity contribution in [2.45, 2.75) is 42.5 Å². The first-order chi connectivity index (χ1) is 4.98. The van der Waals surface area contributed by atoms with Crippen LogP contribution in [0.3, 0.4) is 0 Å². The molecule has 0 aromatic rings. The first kappa shape index (κ1) is 11.8. The third-order valence-electron chi connectivity index (χ3n) is 1.46. The van der Waals surface area contributed by atoms with Gasteiger partial charge < -0.3 is 5.11 Å². The van der Waals surface area contributed by atoms with Crippen molar-refractivity contribution in [3.05, 3.63) is 0 Å². The van der Waals surface area contributed by atoms with Crippen molar-refractivity contribution < 1.29 is 5.11 Å². The van der Waals surface area contributed by atoms with Crippen LogP contribution in [-0.4, -0.2) is 15.0 Å². The van der Waals surface area contributed by atoms with Crippen LogP contribution < -0.4 is 0 Å². The third-order valence-corrected chi connectivity index (χ3v) is 2.21. The van der Waals surface area contributed by atoms with E-state index < -0.39 is 9.90 Å². The molecule has 68 valence electrons. The van der Waals surface area contributed by atoms with E-state index in [1.54, 1.807) is 0 Å². The van der Waals surface area contributed by atoms with E-state index in [0.717, 1.165) is 19.3 Å². The fourth-order valence-electron chi connectivity index (χ4n) is 0.751. The molecule has 0 saturated carbocycles. The van der Waals surface area contributed by atoms with Crippen molar-refractivity contribution in [3.8, 4) is 0 Å². The molecule has 0 aromatic heterocycles. The minimum absolute atomic E-state index is 0.560. The van der Waals surface area contributed by atoms with Crippen molar-refractivity contribution >= 4 is 34.8 Å². The zero-order valence-corrected chi connectivity index (χ0v) is 8.75. The summed E-state index contributed by atoms with van der Waals surface area (Å²) in [5, 5.41) is 9.22. The maximum atomic E-state index is 9.22. The molecule has 0 saturated heterocycles. The lowest BCUT2D eigenvalue weighted by Gasteiger charge is -2.18. The van der Waals surface area contributed by atoms with Gasteiger partial charge in [0.2, 0.25) is 3.79 Å². The maximum Gasteiger partial charge on any atom is 0.216 e. The summed E-state index contributed by atoms with van der Waals surface area (Å²) in [6.07, 6.45) is 2.80. The number of hydrogen-bond donors (Lipinski definition) is 1. The Labute approximate surface area is 82.6 Å². The van der Waals surface area contributed by atoms with E-state index in [2.05, 4.69) is 6.92 Å². The van der Waals surface area contributed by atoms with Gasteiger partial charge in [0.25, 0.3) is 0 Å². The fraction of sp³-hybridized carbons (Fsp3) is 1.00. The number of rotatable bonds is 4. The quantitative estimate of drug-likeness (QED) is 0.568. The summed E-state index contributed by atoms with van der Waals surface area (Å²) in [6.45, 7) is 2.09. The standard InChI is InChI=1S/C7H13Cl3O/c1-2-3-4-5-6(11)7(8,9)10/h6,11H,2-5H2,1H3. The Balaban J connectivity index is 3.44. The number of aliphatic hydroxyl groups excluding tert-OH is 1. The molecule has 0 amide bonds. The predicted octanol–water partition coefficient (Wildman–Crippen LogP) is 3.30.